The third kappa shape index (κ3) is 3.07. The van der Waals surface area contributed by atoms with Crippen molar-refractivity contribution in [2.24, 2.45) is 0 Å². The van der Waals surface area contributed by atoms with Crippen molar-refractivity contribution in [2.45, 2.75) is 6.92 Å². The van der Waals surface area contributed by atoms with Crippen LogP contribution in [0.5, 0.6) is 11.5 Å². The largest absolute Gasteiger partial charge is 0.454 e. The molecule has 0 aliphatic carbocycles. The van der Waals surface area contributed by atoms with Crippen molar-refractivity contribution in [1.82, 2.24) is 0 Å². The van der Waals surface area contributed by atoms with Crippen molar-refractivity contribution in [2.75, 3.05) is 17.8 Å². The van der Waals surface area contributed by atoms with Gasteiger partial charge in [-0.25, -0.2) is 4.85 Å². The number of nitrogen functional groups attached to an aromatic ring is 1. The number of benzene rings is 2. The predicted octanol–water partition coefficient (Wildman–Crippen LogP) is 4.89. The number of ether oxygens (including phenoxy) is 2. The van der Waals surface area contributed by atoms with Crippen LogP contribution in [0.3, 0.4) is 0 Å². The standard InChI is InChI=1S/C20H15N3O3S/c1-11-3-5-12(6-4-11)18(24)19-16(21)17(22-2)20(27-19)23-13-7-8-14-15(9-13)26-10-25-14/h3-9,23H,10,21H2,1H3. The monoisotopic (exact) mass is 377 g/mol. The van der Waals surface area contributed by atoms with Crippen LogP contribution in [-0.2, 0) is 0 Å². The van der Waals surface area contributed by atoms with Crippen molar-refractivity contribution >= 4 is 39.2 Å². The lowest BCUT2D eigenvalue weighted by atomic mass is 10.1. The summed E-state index contributed by atoms with van der Waals surface area (Å²) in [5.41, 5.74) is 8.89. The quantitative estimate of drug-likeness (QED) is 0.500. The summed E-state index contributed by atoms with van der Waals surface area (Å²) >= 11 is 1.17. The minimum Gasteiger partial charge on any atom is -0.454 e. The van der Waals surface area contributed by atoms with E-state index in [0.717, 1.165) is 11.3 Å². The van der Waals surface area contributed by atoms with E-state index in [9.17, 15) is 4.79 Å². The molecule has 7 heteroatoms. The second-order valence-electron chi connectivity index (χ2n) is 6.02. The Hall–Kier alpha value is -3.50. The first kappa shape index (κ1) is 16.9. The van der Waals surface area contributed by atoms with Gasteiger partial charge in [-0.2, -0.15) is 0 Å². The highest BCUT2D eigenvalue weighted by Crippen LogP contribution is 2.45. The number of rotatable bonds is 4. The maximum Gasteiger partial charge on any atom is 0.243 e. The molecule has 0 atom stereocenters. The average Bonchev–Trinajstić information content (AvgIpc) is 3.25. The molecule has 0 spiro atoms. The first-order chi connectivity index (χ1) is 13.1. The molecule has 0 saturated carbocycles. The Morgan fingerprint density at radius 2 is 1.93 bits per heavy atom. The number of thiophene rings is 1. The fourth-order valence-electron chi connectivity index (χ4n) is 2.74. The average molecular weight is 377 g/mol. The third-order valence-electron chi connectivity index (χ3n) is 4.18. The van der Waals surface area contributed by atoms with Crippen molar-refractivity contribution in [3.8, 4) is 11.5 Å². The maximum absolute atomic E-state index is 12.8. The molecule has 27 heavy (non-hydrogen) atoms. The van der Waals surface area contributed by atoms with Crippen molar-refractivity contribution in [3.63, 3.8) is 0 Å². The zero-order valence-electron chi connectivity index (χ0n) is 14.4. The van der Waals surface area contributed by atoms with Gasteiger partial charge in [-0.15, -0.1) is 11.3 Å². The Morgan fingerprint density at radius 1 is 1.19 bits per heavy atom. The lowest BCUT2D eigenvalue weighted by molar-refractivity contribution is 0.104. The summed E-state index contributed by atoms with van der Waals surface area (Å²) in [4.78, 5) is 16.7. The molecule has 2 aromatic carbocycles. The van der Waals surface area contributed by atoms with Crippen LogP contribution < -0.4 is 20.5 Å². The maximum atomic E-state index is 12.8. The second-order valence-corrected chi connectivity index (χ2v) is 7.04. The van der Waals surface area contributed by atoms with Gasteiger partial charge in [-0.3, -0.25) is 4.79 Å². The number of carbonyl (C=O) groups is 1. The van der Waals surface area contributed by atoms with Gasteiger partial charge in [-0.05, 0) is 19.1 Å². The summed E-state index contributed by atoms with van der Waals surface area (Å²) in [6, 6.07) is 12.7. The summed E-state index contributed by atoms with van der Waals surface area (Å²) < 4.78 is 10.7. The Morgan fingerprint density at radius 3 is 2.67 bits per heavy atom. The number of hydrogen-bond acceptors (Lipinski definition) is 6. The van der Waals surface area contributed by atoms with Gasteiger partial charge in [0.05, 0.1) is 17.1 Å². The molecule has 3 N–H and O–H groups in total. The topological polar surface area (TPSA) is 77.9 Å². The van der Waals surface area contributed by atoms with E-state index >= 15 is 0 Å². The molecule has 0 bridgehead atoms. The minimum absolute atomic E-state index is 0.188. The summed E-state index contributed by atoms with van der Waals surface area (Å²) in [5.74, 6) is 1.11. The Labute approximate surface area is 160 Å². The number of anilines is 3. The molecule has 1 aliphatic rings. The predicted molar refractivity (Wildman–Crippen MR) is 105 cm³/mol. The number of nitrogens with one attached hydrogen (secondary N) is 1. The van der Waals surface area contributed by atoms with Crippen LogP contribution in [0.1, 0.15) is 20.8 Å². The molecule has 2 heterocycles. The zero-order chi connectivity index (χ0) is 19.0. The van der Waals surface area contributed by atoms with Gasteiger partial charge >= 0.3 is 0 Å². The Bertz CT molecular complexity index is 1080. The van der Waals surface area contributed by atoms with Gasteiger partial charge in [0.1, 0.15) is 5.00 Å². The number of nitrogens with zero attached hydrogens (tertiary/aromatic N) is 1. The van der Waals surface area contributed by atoms with E-state index in [1.165, 1.54) is 11.3 Å². The second kappa shape index (κ2) is 6.67. The fourth-order valence-corrected chi connectivity index (χ4v) is 3.78. The molecule has 0 fully saturated rings. The number of nitrogens with two attached hydrogens (primary N) is 1. The summed E-state index contributed by atoms with van der Waals surface area (Å²) in [6.07, 6.45) is 0. The van der Waals surface area contributed by atoms with E-state index in [-0.39, 0.29) is 24.0 Å². The highest BCUT2D eigenvalue weighted by molar-refractivity contribution is 7.19. The highest BCUT2D eigenvalue weighted by atomic mass is 32.1. The normalized spacial score (nSPS) is 11.9. The molecule has 4 rings (SSSR count). The number of hydrogen-bond donors (Lipinski definition) is 2. The molecule has 6 nitrogen and oxygen atoms in total. The molecule has 0 radical (unpaired) electrons. The van der Waals surface area contributed by atoms with Crippen LogP contribution in [0.4, 0.5) is 22.1 Å². The molecule has 1 aliphatic heterocycles. The minimum atomic E-state index is -0.193. The number of aryl methyl sites for hydroxylation is 1. The van der Waals surface area contributed by atoms with Crippen LogP contribution in [0.25, 0.3) is 4.85 Å². The van der Waals surface area contributed by atoms with Crippen molar-refractivity contribution in [3.05, 3.63) is 69.9 Å². The summed E-state index contributed by atoms with van der Waals surface area (Å²) in [6.45, 7) is 9.60. The van der Waals surface area contributed by atoms with E-state index in [1.807, 2.05) is 25.1 Å². The molecule has 0 amide bonds. The highest BCUT2D eigenvalue weighted by Gasteiger charge is 2.23. The first-order valence-electron chi connectivity index (χ1n) is 8.14. The van der Waals surface area contributed by atoms with Gasteiger partial charge in [0, 0.05) is 17.3 Å². The van der Waals surface area contributed by atoms with E-state index < -0.39 is 0 Å². The van der Waals surface area contributed by atoms with E-state index in [4.69, 9.17) is 21.8 Å². The fraction of sp³-hybridized carbons (Fsp3) is 0.100. The molecule has 3 aromatic rings. The zero-order valence-corrected chi connectivity index (χ0v) is 15.2. The van der Waals surface area contributed by atoms with Crippen LogP contribution in [-0.4, -0.2) is 12.6 Å². The Kier molecular flexibility index (Phi) is 4.18. The summed E-state index contributed by atoms with van der Waals surface area (Å²) in [7, 11) is 0. The van der Waals surface area contributed by atoms with Gasteiger partial charge in [0.2, 0.25) is 18.3 Å². The molecule has 134 valence electrons. The molecule has 1 aromatic heterocycles. The SMILES string of the molecule is [C-]#[N+]c1c(Nc2ccc3c(c2)OCO3)sc(C(=O)c2ccc(C)cc2)c1N. The molecule has 0 unspecified atom stereocenters. The van der Waals surface area contributed by atoms with Crippen LogP contribution in [0, 0.1) is 13.5 Å². The molecule has 0 saturated heterocycles. The van der Waals surface area contributed by atoms with E-state index in [2.05, 4.69) is 10.2 Å². The number of carbonyl (C=O) groups excluding carboxylic acids is 1. The number of ketones is 1. The van der Waals surface area contributed by atoms with Crippen molar-refractivity contribution < 1.29 is 14.3 Å². The van der Waals surface area contributed by atoms with Gasteiger partial charge in [-0.1, -0.05) is 29.8 Å². The molecular formula is C20H15N3O3S. The van der Waals surface area contributed by atoms with Gasteiger partial charge in [0.15, 0.2) is 11.5 Å². The van der Waals surface area contributed by atoms with Crippen molar-refractivity contribution in [1.29, 1.82) is 0 Å². The third-order valence-corrected chi connectivity index (χ3v) is 5.29. The van der Waals surface area contributed by atoms with Crippen LogP contribution in [0.15, 0.2) is 42.5 Å². The molecular weight excluding hydrogens is 362 g/mol. The smallest absolute Gasteiger partial charge is 0.243 e. The Balaban J connectivity index is 1.68. The van der Waals surface area contributed by atoms with Gasteiger partial charge < -0.3 is 20.5 Å². The summed E-state index contributed by atoms with van der Waals surface area (Å²) in [5, 5.41) is 3.69. The number of fused-ring (bicyclic) bond motifs is 1. The first-order valence-corrected chi connectivity index (χ1v) is 8.96. The van der Waals surface area contributed by atoms with E-state index in [1.54, 1.807) is 24.3 Å². The van der Waals surface area contributed by atoms with Crippen LogP contribution >= 0.6 is 11.3 Å². The van der Waals surface area contributed by atoms with Gasteiger partial charge in [0.25, 0.3) is 0 Å². The lowest BCUT2D eigenvalue weighted by Crippen LogP contribution is -2.01. The lowest BCUT2D eigenvalue weighted by Gasteiger charge is -2.05. The van der Waals surface area contributed by atoms with Crippen LogP contribution in [0.2, 0.25) is 0 Å². The van der Waals surface area contributed by atoms with E-state index in [0.29, 0.717) is 26.9 Å².